The van der Waals surface area contributed by atoms with Gasteiger partial charge in [0.05, 0.1) is 10.7 Å². The Bertz CT molecular complexity index is 750. The van der Waals surface area contributed by atoms with Gasteiger partial charge in [-0.1, -0.05) is 11.6 Å². The molecule has 0 radical (unpaired) electrons. The molecule has 0 saturated carbocycles. The van der Waals surface area contributed by atoms with E-state index in [0.717, 1.165) is 11.1 Å². The van der Waals surface area contributed by atoms with Crippen molar-refractivity contribution in [2.45, 2.75) is 6.92 Å². The number of hydrogen-bond acceptors (Lipinski definition) is 4. The van der Waals surface area contributed by atoms with Gasteiger partial charge < -0.3 is 9.84 Å². The largest absolute Gasteiger partial charge is 0.507 e. The Labute approximate surface area is 147 Å². The lowest BCUT2D eigenvalue weighted by molar-refractivity contribution is -0.123. The van der Waals surface area contributed by atoms with E-state index < -0.39 is 0 Å². The number of aryl methyl sites for hydroxylation is 1. The second-order valence-corrected chi connectivity index (χ2v) is 5.99. The van der Waals surface area contributed by atoms with Gasteiger partial charge in [-0.3, -0.25) is 4.79 Å². The SMILES string of the molecule is Cc1cc(Cl)ccc1OCC(=O)N/N=C/c1ccc(O)c(Br)c1. The number of rotatable bonds is 5. The maximum Gasteiger partial charge on any atom is 0.277 e. The average Bonchev–Trinajstić information content (AvgIpc) is 2.50. The molecular weight excluding hydrogens is 384 g/mol. The molecule has 2 aromatic rings. The summed E-state index contributed by atoms with van der Waals surface area (Å²) in [6, 6.07) is 10.0. The van der Waals surface area contributed by atoms with Crippen LogP contribution >= 0.6 is 27.5 Å². The van der Waals surface area contributed by atoms with Crippen LogP contribution in [0.4, 0.5) is 0 Å². The molecule has 0 unspecified atom stereocenters. The fourth-order valence-electron chi connectivity index (χ4n) is 1.73. The smallest absolute Gasteiger partial charge is 0.277 e. The number of hydrogen-bond donors (Lipinski definition) is 2. The molecule has 5 nitrogen and oxygen atoms in total. The lowest BCUT2D eigenvalue weighted by Crippen LogP contribution is -2.24. The Morgan fingerprint density at radius 1 is 1.39 bits per heavy atom. The number of hydrazone groups is 1. The molecule has 0 spiro atoms. The summed E-state index contributed by atoms with van der Waals surface area (Å²) in [5.41, 5.74) is 3.94. The molecular formula is C16H14BrClN2O3. The number of carbonyl (C=O) groups excluding carboxylic acids is 1. The van der Waals surface area contributed by atoms with Crippen LogP contribution in [0.3, 0.4) is 0 Å². The summed E-state index contributed by atoms with van der Waals surface area (Å²) in [6.07, 6.45) is 1.47. The summed E-state index contributed by atoms with van der Waals surface area (Å²) in [5, 5.41) is 13.8. The summed E-state index contributed by atoms with van der Waals surface area (Å²) in [5.74, 6) is 0.349. The maximum absolute atomic E-state index is 11.7. The van der Waals surface area contributed by atoms with E-state index in [9.17, 15) is 9.90 Å². The summed E-state index contributed by atoms with van der Waals surface area (Å²) in [6.45, 7) is 1.69. The van der Waals surface area contributed by atoms with Crippen LogP contribution in [0, 0.1) is 6.92 Å². The van der Waals surface area contributed by atoms with Crippen molar-refractivity contribution in [2.24, 2.45) is 5.10 Å². The van der Waals surface area contributed by atoms with Crippen molar-refractivity contribution >= 4 is 39.7 Å². The van der Waals surface area contributed by atoms with Gasteiger partial charge >= 0.3 is 0 Å². The zero-order valence-corrected chi connectivity index (χ0v) is 14.6. The highest BCUT2D eigenvalue weighted by Gasteiger charge is 2.04. The number of nitrogens with zero attached hydrogens (tertiary/aromatic N) is 1. The molecule has 0 saturated heterocycles. The highest BCUT2D eigenvalue weighted by molar-refractivity contribution is 9.10. The number of benzene rings is 2. The van der Waals surface area contributed by atoms with Gasteiger partial charge in [0.25, 0.3) is 5.91 Å². The summed E-state index contributed by atoms with van der Waals surface area (Å²) >= 11 is 9.06. The number of carbonyl (C=O) groups is 1. The number of ether oxygens (including phenoxy) is 1. The molecule has 0 aromatic heterocycles. The maximum atomic E-state index is 11.7. The number of phenols is 1. The van der Waals surface area contributed by atoms with Gasteiger partial charge in [0.2, 0.25) is 0 Å². The van der Waals surface area contributed by atoms with Crippen molar-refractivity contribution in [3.63, 3.8) is 0 Å². The van der Waals surface area contributed by atoms with Crippen LogP contribution in [0.2, 0.25) is 5.02 Å². The number of aromatic hydroxyl groups is 1. The van der Waals surface area contributed by atoms with Gasteiger partial charge in [-0.25, -0.2) is 5.43 Å². The van der Waals surface area contributed by atoms with E-state index in [1.807, 2.05) is 6.92 Å². The zero-order chi connectivity index (χ0) is 16.8. The highest BCUT2D eigenvalue weighted by Crippen LogP contribution is 2.23. The molecule has 7 heteroatoms. The van der Waals surface area contributed by atoms with Gasteiger partial charge in [-0.2, -0.15) is 5.10 Å². The van der Waals surface area contributed by atoms with Crippen molar-refractivity contribution < 1.29 is 14.6 Å². The van der Waals surface area contributed by atoms with Gasteiger partial charge in [0.1, 0.15) is 11.5 Å². The molecule has 23 heavy (non-hydrogen) atoms. The van der Waals surface area contributed by atoms with Crippen molar-refractivity contribution in [3.05, 3.63) is 57.0 Å². The fraction of sp³-hybridized carbons (Fsp3) is 0.125. The predicted molar refractivity (Wildman–Crippen MR) is 93.2 cm³/mol. The van der Waals surface area contributed by atoms with E-state index in [1.165, 1.54) is 12.3 Å². The third kappa shape index (κ3) is 5.26. The lowest BCUT2D eigenvalue weighted by atomic mass is 10.2. The molecule has 2 N–H and O–H groups in total. The molecule has 0 fully saturated rings. The first-order chi connectivity index (χ1) is 11.0. The van der Waals surface area contributed by atoms with Gasteiger partial charge in [0, 0.05) is 5.02 Å². The van der Waals surface area contributed by atoms with E-state index in [-0.39, 0.29) is 18.3 Å². The van der Waals surface area contributed by atoms with Crippen molar-refractivity contribution in [1.82, 2.24) is 5.43 Å². The zero-order valence-electron chi connectivity index (χ0n) is 12.2. The Kier molecular flexibility index (Phi) is 6.01. The number of halogens is 2. The predicted octanol–water partition coefficient (Wildman–Crippen LogP) is 3.65. The van der Waals surface area contributed by atoms with Crippen LogP contribution in [0.5, 0.6) is 11.5 Å². The van der Waals surface area contributed by atoms with E-state index in [1.54, 1.807) is 30.3 Å². The van der Waals surface area contributed by atoms with Crippen LogP contribution in [0.15, 0.2) is 46.0 Å². The third-order valence-corrected chi connectivity index (χ3v) is 3.74. The third-order valence-electron chi connectivity index (χ3n) is 2.87. The molecule has 2 aromatic carbocycles. The normalized spacial score (nSPS) is 10.7. The standard InChI is InChI=1S/C16H14BrClN2O3/c1-10-6-12(18)3-5-15(10)23-9-16(22)20-19-8-11-2-4-14(21)13(17)7-11/h2-8,21H,9H2,1H3,(H,20,22)/b19-8+. The van der Waals surface area contributed by atoms with E-state index in [2.05, 4.69) is 26.5 Å². The van der Waals surface area contributed by atoms with Crippen LogP contribution in [-0.4, -0.2) is 23.8 Å². The molecule has 0 aliphatic heterocycles. The molecule has 0 bridgehead atoms. The molecule has 0 heterocycles. The molecule has 0 aliphatic rings. The first kappa shape index (κ1) is 17.3. The van der Waals surface area contributed by atoms with Crippen molar-refractivity contribution in [1.29, 1.82) is 0 Å². The highest BCUT2D eigenvalue weighted by atomic mass is 79.9. The lowest BCUT2D eigenvalue weighted by Gasteiger charge is -2.08. The Morgan fingerprint density at radius 2 is 2.17 bits per heavy atom. The Balaban J connectivity index is 1.85. The summed E-state index contributed by atoms with van der Waals surface area (Å²) in [7, 11) is 0. The second-order valence-electron chi connectivity index (χ2n) is 4.70. The molecule has 0 atom stereocenters. The van der Waals surface area contributed by atoms with E-state index in [0.29, 0.717) is 15.2 Å². The summed E-state index contributed by atoms with van der Waals surface area (Å²) < 4.78 is 5.96. The Hall–Kier alpha value is -2.05. The summed E-state index contributed by atoms with van der Waals surface area (Å²) in [4.78, 5) is 11.7. The van der Waals surface area contributed by atoms with Gasteiger partial charge in [-0.15, -0.1) is 0 Å². The van der Waals surface area contributed by atoms with Gasteiger partial charge in [-0.05, 0) is 70.4 Å². The van der Waals surface area contributed by atoms with Crippen LogP contribution in [-0.2, 0) is 4.79 Å². The number of phenolic OH excluding ortho intramolecular Hbond substituents is 1. The van der Waals surface area contributed by atoms with Crippen LogP contribution < -0.4 is 10.2 Å². The molecule has 2 rings (SSSR count). The second kappa shape index (κ2) is 7.99. The van der Waals surface area contributed by atoms with Gasteiger partial charge in [0.15, 0.2) is 6.61 Å². The van der Waals surface area contributed by atoms with Crippen molar-refractivity contribution in [3.8, 4) is 11.5 Å². The van der Waals surface area contributed by atoms with Crippen LogP contribution in [0.1, 0.15) is 11.1 Å². The van der Waals surface area contributed by atoms with Crippen LogP contribution in [0.25, 0.3) is 0 Å². The number of nitrogens with one attached hydrogen (secondary N) is 1. The topological polar surface area (TPSA) is 70.9 Å². The average molecular weight is 398 g/mol. The minimum absolute atomic E-state index is 0.137. The monoisotopic (exact) mass is 396 g/mol. The number of amides is 1. The fourth-order valence-corrected chi connectivity index (χ4v) is 2.36. The molecule has 1 amide bonds. The first-order valence-electron chi connectivity index (χ1n) is 6.65. The molecule has 120 valence electrons. The van der Waals surface area contributed by atoms with E-state index >= 15 is 0 Å². The minimum Gasteiger partial charge on any atom is -0.507 e. The quantitative estimate of drug-likeness (QED) is 0.598. The van der Waals surface area contributed by atoms with Crippen molar-refractivity contribution in [2.75, 3.05) is 6.61 Å². The minimum atomic E-state index is -0.381. The Morgan fingerprint density at radius 3 is 2.87 bits per heavy atom. The molecule has 0 aliphatic carbocycles. The van der Waals surface area contributed by atoms with E-state index in [4.69, 9.17) is 16.3 Å². The first-order valence-corrected chi connectivity index (χ1v) is 7.82.